The molecule has 1 amide bonds. The third-order valence-corrected chi connectivity index (χ3v) is 6.10. The van der Waals surface area contributed by atoms with E-state index in [9.17, 15) is 4.79 Å². The fourth-order valence-electron chi connectivity index (χ4n) is 3.88. The van der Waals surface area contributed by atoms with Crippen molar-refractivity contribution in [2.24, 2.45) is 4.99 Å². The van der Waals surface area contributed by atoms with Gasteiger partial charge in [0.1, 0.15) is 17.5 Å². The highest BCUT2D eigenvalue weighted by Crippen LogP contribution is 2.15. The lowest BCUT2D eigenvalue weighted by Crippen LogP contribution is -2.44. The first-order chi connectivity index (χ1) is 17.3. The zero-order valence-corrected chi connectivity index (χ0v) is 22.0. The lowest BCUT2D eigenvalue weighted by atomic mass is 10.2. The number of carbonyl (C=O) groups is 1. The predicted octanol–water partition coefficient (Wildman–Crippen LogP) is 2.50. The minimum absolute atomic E-state index is 0.212. The van der Waals surface area contributed by atoms with Crippen LogP contribution in [0.15, 0.2) is 60.1 Å². The Labute approximate surface area is 214 Å². The quantitative estimate of drug-likeness (QED) is 0.577. The zero-order valence-electron chi connectivity index (χ0n) is 22.0. The van der Waals surface area contributed by atoms with Crippen LogP contribution < -0.4 is 20.7 Å². The Bertz CT molecular complexity index is 1250. The number of hydrogen-bond donors (Lipinski definition) is 1. The van der Waals surface area contributed by atoms with Crippen LogP contribution in [-0.2, 0) is 0 Å². The van der Waals surface area contributed by atoms with Gasteiger partial charge in [-0.05, 0) is 61.7 Å². The van der Waals surface area contributed by atoms with Gasteiger partial charge in [-0.2, -0.15) is 0 Å². The normalized spacial score (nSPS) is 16.3. The van der Waals surface area contributed by atoms with Crippen molar-refractivity contribution in [2.45, 2.75) is 20.3 Å². The van der Waals surface area contributed by atoms with Crippen molar-refractivity contribution in [1.29, 1.82) is 0 Å². The topological polar surface area (TPSA) is 77.0 Å². The summed E-state index contributed by atoms with van der Waals surface area (Å²) in [7, 11) is 6.04. The third-order valence-electron chi connectivity index (χ3n) is 6.10. The number of amides is 1. The third kappa shape index (κ3) is 7.11. The number of likely N-dealkylation sites (N-methyl/N-ethyl adjacent to an activating group) is 1. The van der Waals surface area contributed by atoms with Crippen LogP contribution in [0.3, 0.4) is 0 Å². The van der Waals surface area contributed by atoms with Crippen LogP contribution in [0.5, 0.6) is 0 Å². The van der Waals surface area contributed by atoms with Gasteiger partial charge in [0.2, 0.25) is 0 Å². The molecule has 1 N–H and O–H groups in total. The van der Waals surface area contributed by atoms with Gasteiger partial charge in [-0.1, -0.05) is 18.7 Å². The summed E-state index contributed by atoms with van der Waals surface area (Å²) >= 11 is 0. The molecule has 1 fully saturated rings. The van der Waals surface area contributed by atoms with Gasteiger partial charge in [-0.15, -0.1) is 0 Å². The van der Waals surface area contributed by atoms with E-state index in [4.69, 9.17) is 4.99 Å². The summed E-state index contributed by atoms with van der Waals surface area (Å²) < 4.78 is 0. The van der Waals surface area contributed by atoms with Gasteiger partial charge in [0.05, 0.1) is 0 Å². The molecule has 0 bridgehead atoms. The number of anilines is 2. The average molecular weight is 488 g/mol. The lowest BCUT2D eigenvalue weighted by Gasteiger charge is -2.33. The highest BCUT2D eigenvalue weighted by molar-refractivity contribution is 6.04. The van der Waals surface area contributed by atoms with E-state index in [1.807, 2.05) is 57.1 Å². The van der Waals surface area contributed by atoms with Crippen LogP contribution in [0.2, 0.25) is 0 Å². The monoisotopic (exact) mass is 487 g/mol. The summed E-state index contributed by atoms with van der Waals surface area (Å²) in [5, 5.41) is 4.89. The second-order valence-electron chi connectivity index (χ2n) is 8.89. The van der Waals surface area contributed by atoms with Crippen molar-refractivity contribution >= 4 is 35.4 Å². The number of carbonyl (C=O) groups excluding carboxylic acids is 1. The molecule has 0 aromatic carbocycles. The lowest BCUT2D eigenvalue weighted by molar-refractivity contribution is 0.102. The summed E-state index contributed by atoms with van der Waals surface area (Å²) in [6.07, 6.45) is 11.9. The molecule has 0 aliphatic carbocycles. The molecule has 1 saturated heterocycles. The summed E-state index contributed by atoms with van der Waals surface area (Å²) in [4.78, 5) is 33.1. The zero-order chi connectivity index (χ0) is 26.1. The first kappa shape index (κ1) is 26.8. The van der Waals surface area contributed by atoms with Gasteiger partial charge in [0, 0.05) is 70.4 Å². The number of piperazine rings is 1. The highest BCUT2D eigenvalue weighted by Gasteiger charge is 2.17. The number of nitrogens with zero attached hydrogens (tertiary/aromatic N) is 6. The number of allylic oxidation sites excluding steroid dienone is 2. The molecule has 2 aromatic rings. The molecule has 2 aromatic heterocycles. The Morgan fingerprint density at radius 2 is 1.92 bits per heavy atom. The molecule has 0 radical (unpaired) electrons. The van der Waals surface area contributed by atoms with E-state index in [1.165, 1.54) is 0 Å². The molecule has 0 unspecified atom stereocenters. The maximum absolute atomic E-state index is 13.0. The number of pyridine rings is 2. The standard InChI is InChI=1S/C28H37N7O/c1-7-21-20-30-25(18-22(21)10-11-24(8-2)31-26(9-3)33(4)5)32-28(36)23-12-13-29-27(19-23)35-16-14-34(6)15-17-35/h7-10,12-13,18-20H,2,11,14-17H2,1,3-6H3,(H,32,36)/b21-7-,22-10-,26-9+,31-24+. The number of rotatable bonds is 8. The smallest absolute Gasteiger partial charge is 0.257 e. The molecule has 8 heteroatoms. The Morgan fingerprint density at radius 1 is 1.17 bits per heavy atom. The van der Waals surface area contributed by atoms with Crippen molar-refractivity contribution in [2.75, 3.05) is 57.5 Å². The average Bonchev–Trinajstić information content (AvgIpc) is 2.89. The number of aliphatic imine (C=N–C) groups is 1. The fraction of sp³-hybridized carbons (Fsp3) is 0.357. The second-order valence-corrected chi connectivity index (χ2v) is 8.89. The first-order valence-electron chi connectivity index (χ1n) is 12.2. The molecule has 36 heavy (non-hydrogen) atoms. The molecular weight excluding hydrogens is 450 g/mol. The van der Waals surface area contributed by atoms with Crippen molar-refractivity contribution in [3.8, 4) is 0 Å². The molecule has 3 heterocycles. The molecule has 1 aliphatic rings. The number of nitrogens with one attached hydrogen (secondary N) is 1. The van der Waals surface area contributed by atoms with E-state index in [2.05, 4.69) is 44.8 Å². The van der Waals surface area contributed by atoms with Crippen LogP contribution in [-0.4, -0.2) is 78.7 Å². The molecule has 0 saturated carbocycles. The van der Waals surface area contributed by atoms with Gasteiger partial charge >= 0.3 is 0 Å². The van der Waals surface area contributed by atoms with Crippen LogP contribution >= 0.6 is 0 Å². The molecule has 0 spiro atoms. The van der Waals surface area contributed by atoms with Crippen LogP contribution in [0.1, 0.15) is 30.6 Å². The highest BCUT2D eigenvalue weighted by atomic mass is 16.1. The summed E-state index contributed by atoms with van der Waals surface area (Å²) in [6, 6.07) is 5.46. The molecule has 1 aliphatic heterocycles. The Hall–Kier alpha value is -3.78. The van der Waals surface area contributed by atoms with Gasteiger partial charge in [0.15, 0.2) is 0 Å². The van der Waals surface area contributed by atoms with E-state index in [-0.39, 0.29) is 5.91 Å². The Balaban J connectivity index is 1.80. The van der Waals surface area contributed by atoms with E-state index >= 15 is 0 Å². The van der Waals surface area contributed by atoms with Crippen molar-refractivity contribution < 1.29 is 4.79 Å². The van der Waals surface area contributed by atoms with Gasteiger partial charge < -0.3 is 20.0 Å². The Morgan fingerprint density at radius 3 is 2.56 bits per heavy atom. The van der Waals surface area contributed by atoms with Crippen molar-refractivity contribution in [3.05, 3.63) is 71.1 Å². The van der Waals surface area contributed by atoms with E-state index in [0.717, 1.165) is 54.0 Å². The SMILES string of the molecule is C=C/C(C/C=c1/cc(NC(=O)c2ccnc(N3CCN(C)CC3)c2)nc/c1=C/C)=N\C(=C/C)N(C)C. The van der Waals surface area contributed by atoms with Crippen LogP contribution in [0, 0.1) is 0 Å². The molecule has 190 valence electrons. The fourth-order valence-corrected chi connectivity index (χ4v) is 3.88. The van der Waals surface area contributed by atoms with Crippen molar-refractivity contribution in [3.63, 3.8) is 0 Å². The Kier molecular flexibility index (Phi) is 9.53. The van der Waals surface area contributed by atoms with E-state index in [0.29, 0.717) is 17.8 Å². The van der Waals surface area contributed by atoms with E-state index < -0.39 is 0 Å². The number of aromatic nitrogens is 2. The van der Waals surface area contributed by atoms with Gasteiger partial charge in [0.25, 0.3) is 5.91 Å². The first-order valence-corrected chi connectivity index (χ1v) is 12.2. The minimum atomic E-state index is -0.212. The van der Waals surface area contributed by atoms with Gasteiger partial charge in [-0.25, -0.2) is 15.0 Å². The van der Waals surface area contributed by atoms with Crippen LogP contribution in [0.25, 0.3) is 12.2 Å². The van der Waals surface area contributed by atoms with Crippen molar-refractivity contribution in [1.82, 2.24) is 19.8 Å². The van der Waals surface area contributed by atoms with E-state index in [1.54, 1.807) is 24.5 Å². The maximum Gasteiger partial charge on any atom is 0.257 e. The molecular formula is C28H37N7O. The van der Waals surface area contributed by atoms with Gasteiger partial charge in [-0.3, -0.25) is 4.79 Å². The molecule has 8 nitrogen and oxygen atoms in total. The summed E-state index contributed by atoms with van der Waals surface area (Å²) in [5.41, 5.74) is 1.41. The second kappa shape index (κ2) is 12.8. The maximum atomic E-state index is 13.0. The molecule has 0 atom stereocenters. The largest absolute Gasteiger partial charge is 0.363 e. The predicted molar refractivity (Wildman–Crippen MR) is 150 cm³/mol. The number of hydrogen-bond acceptors (Lipinski definition) is 7. The molecule has 3 rings (SSSR count). The summed E-state index contributed by atoms with van der Waals surface area (Å²) in [6.45, 7) is 11.6. The van der Waals surface area contributed by atoms with Crippen LogP contribution in [0.4, 0.5) is 11.6 Å². The summed E-state index contributed by atoms with van der Waals surface area (Å²) in [5.74, 6) is 1.98. The minimum Gasteiger partial charge on any atom is -0.363 e.